The number of rotatable bonds is 4. The zero-order valence-electron chi connectivity index (χ0n) is 8.96. The molecule has 0 radical (unpaired) electrons. The largest absolute Gasteiger partial charge is 0.382 e. The fraction of sp³-hybridized carbons (Fsp3) is 0.400. The summed E-state index contributed by atoms with van der Waals surface area (Å²) in [5, 5.41) is 13.1. The number of nitro groups is 1. The lowest BCUT2D eigenvalue weighted by atomic mass is 10.2. The third-order valence-electron chi connectivity index (χ3n) is 1.93. The molecule has 0 bridgehead atoms. The molecule has 0 saturated heterocycles. The summed E-state index contributed by atoms with van der Waals surface area (Å²) in [5.74, 6) is -1.75. The van der Waals surface area contributed by atoms with Gasteiger partial charge in [0.05, 0.1) is 10.6 Å². The molecular weight excluding hydrogens is 218 g/mol. The van der Waals surface area contributed by atoms with E-state index in [1.807, 2.05) is 13.8 Å². The van der Waals surface area contributed by atoms with Gasteiger partial charge in [-0.15, -0.1) is 0 Å². The Bertz CT molecular complexity index is 408. The smallest absolute Gasteiger partial charge is 0.307 e. The summed E-state index contributed by atoms with van der Waals surface area (Å²) in [6.45, 7) is 4.27. The molecule has 0 aromatic heterocycles. The molecule has 1 N–H and O–H groups in total. The van der Waals surface area contributed by atoms with Crippen LogP contribution in [0.5, 0.6) is 0 Å². The fourth-order valence-electron chi connectivity index (χ4n) is 1.13. The molecule has 16 heavy (non-hydrogen) atoms. The molecule has 0 spiro atoms. The summed E-state index contributed by atoms with van der Waals surface area (Å²) in [6, 6.07) is 1.38. The summed E-state index contributed by atoms with van der Waals surface area (Å²) in [5.41, 5.74) is -0.783. The number of nitrogens with one attached hydrogen (secondary N) is 1. The summed E-state index contributed by atoms with van der Waals surface area (Å²) in [6.07, 6.45) is 0. The SMILES string of the molecule is CC(C)CNc1cc([N+](=O)[O-])c(F)cc1F. The number of nitro benzene ring substituents is 1. The summed E-state index contributed by atoms with van der Waals surface area (Å²) in [4.78, 5) is 9.56. The summed E-state index contributed by atoms with van der Waals surface area (Å²) in [7, 11) is 0. The number of hydrogen-bond acceptors (Lipinski definition) is 3. The van der Waals surface area contributed by atoms with Gasteiger partial charge in [0, 0.05) is 18.7 Å². The van der Waals surface area contributed by atoms with Crippen LogP contribution in [0.1, 0.15) is 13.8 Å². The van der Waals surface area contributed by atoms with Crippen LogP contribution in [0.15, 0.2) is 12.1 Å². The maximum Gasteiger partial charge on any atom is 0.307 e. The number of hydrogen-bond donors (Lipinski definition) is 1. The lowest BCUT2D eigenvalue weighted by molar-refractivity contribution is -0.387. The first-order valence-electron chi connectivity index (χ1n) is 4.79. The molecule has 0 fully saturated rings. The van der Waals surface area contributed by atoms with Crippen LogP contribution in [0.25, 0.3) is 0 Å². The molecule has 4 nitrogen and oxygen atoms in total. The molecule has 1 aromatic rings. The van der Waals surface area contributed by atoms with E-state index in [9.17, 15) is 18.9 Å². The van der Waals surface area contributed by atoms with Gasteiger partial charge in [-0.3, -0.25) is 10.1 Å². The highest BCUT2D eigenvalue weighted by molar-refractivity contribution is 5.53. The van der Waals surface area contributed by atoms with E-state index in [1.165, 1.54) is 0 Å². The molecule has 0 unspecified atom stereocenters. The minimum absolute atomic E-state index is 0.0539. The molecule has 0 amide bonds. The Labute approximate surface area is 91.4 Å². The highest BCUT2D eigenvalue weighted by Gasteiger charge is 2.18. The molecule has 1 aromatic carbocycles. The second kappa shape index (κ2) is 4.87. The molecule has 0 aliphatic carbocycles. The van der Waals surface area contributed by atoms with E-state index in [2.05, 4.69) is 5.32 Å². The molecule has 0 aliphatic rings. The Morgan fingerprint density at radius 2 is 2.00 bits per heavy atom. The topological polar surface area (TPSA) is 55.2 Å². The molecule has 0 saturated carbocycles. The minimum Gasteiger partial charge on any atom is -0.382 e. The van der Waals surface area contributed by atoms with Crippen molar-refractivity contribution in [3.05, 3.63) is 33.9 Å². The Morgan fingerprint density at radius 1 is 1.38 bits per heavy atom. The number of anilines is 1. The maximum absolute atomic E-state index is 13.2. The van der Waals surface area contributed by atoms with Crippen molar-refractivity contribution in [2.75, 3.05) is 11.9 Å². The Kier molecular flexibility index (Phi) is 3.76. The Balaban J connectivity index is 3.00. The second-order valence-corrected chi connectivity index (χ2v) is 3.82. The minimum atomic E-state index is -1.17. The first kappa shape index (κ1) is 12.4. The van der Waals surface area contributed by atoms with Crippen LogP contribution in [-0.4, -0.2) is 11.5 Å². The van der Waals surface area contributed by atoms with Gasteiger partial charge in [0.15, 0.2) is 0 Å². The van der Waals surface area contributed by atoms with Crippen molar-refractivity contribution in [2.45, 2.75) is 13.8 Å². The van der Waals surface area contributed by atoms with Crippen molar-refractivity contribution < 1.29 is 13.7 Å². The van der Waals surface area contributed by atoms with E-state index in [-0.39, 0.29) is 11.6 Å². The van der Waals surface area contributed by atoms with Crippen molar-refractivity contribution in [2.24, 2.45) is 5.92 Å². The van der Waals surface area contributed by atoms with Crippen molar-refractivity contribution in [3.63, 3.8) is 0 Å². The van der Waals surface area contributed by atoms with Crippen LogP contribution in [-0.2, 0) is 0 Å². The van der Waals surface area contributed by atoms with E-state index in [4.69, 9.17) is 0 Å². The Hall–Kier alpha value is -1.72. The standard InChI is InChI=1S/C10H12F2N2O2/c1-6(2)5-13-9-4-10(14(15)16)8(12)3-7(9)11/h3-4,6,13H,5H2,1-2H3. The monoisotopic (exact) mass is 230 g/mol. The number of nitrogens with zero attached hydrogens (tertiary/aromatic N) is 1. The highest BCUT2D eigenvalue weighted by Crippen LogP contribution is 2.25. The van der Waals surface area contributed by atoms with Crippen LogP contribution in [0, 0.1) is 27.7 Å². The van der Waals surface area contributed by atoms with E-state index in [1.54, 1.807) is 0 Å². The van der Waals surface area contributed by atoms with Crippen molar-refractivity contribution in [1.82, 2.24) is 0 Å². The van der Waals surface area contributed by atoms with Crippen LogP contribution in [0.4, 0.5) is 20.2 Å². The molecule has 1 rings (SSSR count). The average molecular weight is 230 g/mol. The summed E-state index contributed by atoms with van der Waals surface area (Å²) >= 11 is 0. The van der Waals surface area contributed by atoms with Gasteiger partial charge in [-0.2, -0.15) is 4.39 Å². The van der Waals surface area contributed by atoms with Gasteiger partial charge in [-0.05, 0) is 5.92 Å². The van der Waals surface area contributed by atoms with Crippen molar-refractivity contribution in [1.29, 1.82) is 0 Å². The summed E-state index contributed by atoms with van der Waals surface area (Å²) < 4.78 is 26.2. The molecular formula is C10H12F2N2O2. The molecule has 0 atom stereocenters. The second-order valence-electron chi connectivity index (χ2n) is 3.82. The van der Waals surface area contributed by atoms with Gasteiger partial charge in [0.25, 0.3) is 0 Å². The predicted octanol–water partition coefficient (Wildman–Crippen LogP) is 2.94. The first-order valence-corrected chi connectivity index (χ1v) is 4.79. The normalized spacial score (nSPS) is 10.6. The van der Waals surface area contributed by atoms with Gasteiger partial charge >= 0.3 is 5.69 Å². The predicted molar refractivity (Wildman–Crippen MR) is 56.3 cm³/mol. The van der Waals surface area contributed by atoms with E-state index in [0.29, 0.717) is 12.6 Å². The van der Waals surface area contributed by atoms with E-state index >= 15 is 0 Å². The van der Waals surface area contributed by atoms with E-state index < -0.39 is 22.2 Å². The average Bonchev–Trinajstić information content (AvgIpc) is 2.15. The zero-order valence-corrected chi connectivity index (χ0v) is 8.96. The van der Waals surface area contributed by atoms with Crippen molar-refractivity contribution >= 4 is 11.4 Å². The zero-order chi connectivity index (χ0) is 12.3. The fourth-order valence-corrected chi connectivity index (χ4v) is 1.13. The van der Waals surface area contributed by atoms with Crippen LogP contribution >= 0.6 is 0 Å². The maximum atomic E-state index is 13.2. The van der Waals surface area contributed by atoms with Gasteiger partial charge < -0.3 is 5.32 Å². The molecule has 0 aliphatic heterocycles. The van der Waals surface area contributed by atoms with Crippen molar-refractivity contribution in [3.8, 4) is 0 Å². The lowest BCUT2D eigenvalue weighted by Crippen LogP contribution is -2.10. The van der Waals surface area contributed by atoms with Gasteiger partial charge in [-0.25, -0.2) is 4.39 Å². The lowest BCUT2D eigenvalue weighted by Gasteiger charge is -2.09. The van der Waals surface area contributed by atoms with Gasteiger partial charge in [-0.1, -0.05) is 13.8 Å². The van der Waals surface area contributed by atoms with Crippen LogP contribution < -0.4 is 5.32 Å². The molecule has 6 heteroatoms. The van der Waals surface area contributed by atoms with Gasteiger partial charge in [0.2, 0.25) is 5.82 Å². The Morgan fingerprint density at radius 3 is 2.50 bits per heavy atom. The first-order chi connectivity index (χ1) is 7.41. The number of halogens is 2. The third-order valence-corrected chi connectivity index (χ3v) is 1.93. The molecule has 88 valence electrons. The number of benzene rings is 1. The van der Waals surface area contributed by atoms with Crippen LogP contribution in [0.2, 0.25) is 0 Å². The van der Waals surface area contributed by atoms with Crippen LogP contribution in [0.3, 0.4) is 0 Å². The highest BCUT2D eigenvalue weighted by atomic mass is 19.1. The quantitative estimate of drug-likeness (QED) is 0.639. The molecule has 0 heterocycles. The third kappa shape index (κ3) is 2.88. The van der Waals surface area contributed by atoms with E-state index in [0.717, 1.165) is 6.07 Å². The van der Waals surface area contributed by atoms with Gasteiger partial charge in [0.1, 0.15) is 5.82 Å².